The molecule has 2 heteroatoms. The molecule has 82 valence electrons. The van der Waals surface area contributed by atoms with E-state index in [-0.39, 0.29) is 0 Å². The van der Waals surface area contributed by atoms with Gasteiger partial charge in [0.05, 0.1) is 0 Å². The fourth-order valence-electron chi connectivity index (χ4n) is 2.83. The molecule has 2 atom stereocenters. The zero-order chi connectivity index (χ0) is 9.80. The van der Waals surface area contributed by atoms with Crippen LogP contribution in [0.1, 0.15) is 45.4 Å². The monoisotopic (exact) mass is 196 g/mol. The Balaban J connectivity index is 1.76. The average Bonchev–Trinajstić information content (AvgIpc) is 2.23. The third kappa shape index (κ3) is 2.71. The fraction of sp³-hybridized carbons (Fsp3) is 1.00. The van der Waals surface area contributed by atoms with Gasteiger partial charge in [0, 0.05) is 12.1 Å². The summed E-state index contributed by atoms with van der Waals surface area (Å²) in [6.45, 7) is 4.77. The molecular weight excluding hydrogens is 172 g/mol. The van der Waals surface area contributed by atoms with E-state index in [9.17, 15) is 0 Å². The molecule has 2 rings (SSSR count). The molecule has 0 bridgehead atoms. The smallest absolute Gasteiger partial charge is 0.0119 e. The van der Waals surface area contributed by atoms with Crippen LogP contribution in [0.4, 0.5) is 0 Å². The van der Waals surface area contributed by atoms with Crippen LogP contribution in [0, 0.1) is 5.92 Å². The summed E-state index contributed by atoms with van der Waals surface area (Å²) in [5, 5.41) is 7.33. The molecule has 1 saturated heterocycles. The fourth-order valence-corrected chi connectivity index (χ4v) is 2.83. The van der Waals surface area contributed by atoms with E-state index in [2.05, 4.69) is 17.6 Å². The highest BCUT2D eigenvalue weighted by Gasteiger charge is 2.24. The summed E-state index contributed by atoms with van der Waals surface area (Å²) in [6, 6.07) is 1.61. The van der Waals surface area contributed by atoms with E-state index in [1.807, 2.05) is 0 Å². The molecule has 2 N–H and O–H groups in total. The van der Waals surface area contributed by atoms with Crippen LogP contribution in [0.2, 0.25) is 0 Å². The Bertz CT molecular complexity index is 164. The first-order valence-electron chi connectivity index (χ1n) is 6.33. The van der Waals surface area contributed by atoms with Crippen molar-refractivity contribution in [1.82, 2.24) is 10.6 Å². The maximum absolute atomic E-state index is 3.87. The average molecular weight is 196 g/mol. The number of hydrogen-bond donors (Lipinski definition) is 2. The van der Waals surface area contributed by atoms with Crippen LogP contribution in [0.3, 0.4) is 0 Å². The van der Waals surface area contributed by atoms with E-state index in [1.165, 1.54) is 51.6 Å². The van der Waals surface area contributed by atoms with Crippen molar-refractivity contribution in [3.05, 3.63) is 0 Å². The van der Waals surface area contributed by atoms with Gasteiger partial charge < -0.3 is 10.6 Å². The molecule has 2 unspecified atom stereocenters. The van der Waals surface area contributed by atoms with Crippen molar-refractivity contribution < 1.29 is 0 Å². The van der Waals surface area contributed by atoms with Crippen molar-refractivity contribution in [2.24, 2.45) is 5.92 Å². The molecule has 0 radical (unpaired) electrons. The quantitative estimate of drug-likeness (QED) is 0.705. The van der Waals surface area contributed by atoms with Crippen LogP contribution in [0.15, 0.2) is 0 Å². The maximum atomic E-state index is 3.87. The number of nitrogens with one attached hydrogen (secondary N) is 2. The van der Waals surface area contributed by atoms with Gasteiger partial charge in [0.1, 0.15) is 0 Å². The molecule has 0 amide bonds. The zero-order valence-electron chi connectivity index (χ0n) is 9.39. The molecule has 2 fully saturated rings. The normalized spacial score (nSPS) is 35.8. The van der Waals surface area contributed by atoms with Gasteiger partial charge >= 0.3 is 0 Å². The first kappa shape index (κ1) is 10.4. The largest absolute Gasteiger partial charge is 0.316 e. The topological polar surface area (TPSA) is 24.1 Å². The van der Waals surface area contributed by atoms with Gasteiger partial charge in [-0.25, -0.2) is 0 Å². The predicted octanol–water partition coefficient (Wildman–Crippen LogP) is 1.91. The van der Waals surface area contributed by atoms with Gasteiger partial charge in [0.2, 0.25) is 0 Å². The molecule has 1 aliphatic heterocycles. The van der Waals surface area contributed by atoms with Crippen LogP contribution < -0.4 is 10.6 Å². The second-order valence-corrected chi connectivity index (χ2v) is 5.08. The highest BCUT2D eigenvalue weighted by molar-refractivity contribution is 4.84. The molecule has 14 heavy (non-hydrogen) atoms. The molecule has 0 aromatic rings. The Morgan fingerprint density at radius 1 is 1.07 bits per heavy atom. The number of hydrogen-bond acceptors (Lipinski definition) is 2. The molecule has 0 aromatic carbocycles. The highest BCUT2D eigenvalue weighted by atomic mass is 15.0. The summed E-state index contributed by atoms with van der Waals surface area (Å²) in [6.07, 6.45) is 8.49. The standard InChI is InChI=1S/C12H24N2/c1-10-9-13-8-7-12(10)14-11-5-3-2-4-6-11/h10-14H,2-9H2,1H3. The number of rotatable bonds is 2. The third-order valence-corrected chi connectivity index (χ3v) is 3.84. The lowest BCUT2D eigenvalue weighted by Gasteiger charge is -2.35. The van der Waals surface area contributed by atoms with Crippen LogP contribution in [-0.4, -0.2) is 25.2 Å². The van der Waals surface area contributed by atoms with Crippen molar-refractivity contribution in [1.29, 1.82) is 0 Å². The van der Waals surface area contributed by atoms with E-state index in [0.29, 0.717) is 0 Å². The molecule has 0 aromatic heterocycles. The molecule has 0 spiro atoms. The summed E-state index contributed by atoms with van der Waals surface area (Å²) in [7, 11) is 0. The summed E-state index contributed by atoms with van der Waals surface area (Å²) in [5.74, 6) is 0.811. The predicted molar refractivity (Wildman–Crippen MR) is 60.4 cm³/mol. The second-order valence-electron chi connectivity index (χ2n) is 5.08. The first-order chi connectivity index (χ1) is 6.86. The molecular formula is C12H24N2. The Morgan fingerprint density at radius 2 is 1.86 bits per heavy atom. The summed E-state index contributed by atoms with van der Waals surface area (Å²) < 4.78 is 0. The molecule has 1 saturated carbocycles. The summed E-state index contributed by atoms with van der Waals surface area (Å²) in [5.41, 5.74) is 0. The second kappa shape index (κ2) is 5.13. The van der Waals surface area contributed by atoms with Crippen molar-refractivity contribution in [3.63, 3.8) is 0 Å². The van der Waals surface area contributed by atoms with Crippen LogP contribution in [0.5, 0.6) is 0 Å². The summed E-state index contributed by atoms with van der Waals surface area (Å²) >= 11 is 0. The SMILES string of the molecule is CC1CNCCC1NC1CCCCC1. The third-order valence-electron chi connectivity index (χ3n) is 3.84. The van der Waals surface area contributed by atoms with Crippen molar-refractivity contribution >= 4 is 0 Å². The van der Waals surface area contributed by atoms with Gasteiger partial charge in [-0.15, -0.1) is 0 Å². The lowest BCUT2D eigenvalue weighted by molar-refractivity contribution is 0.246. The van der Waals surface area contributed by atoms with Crippen LogP contribution in [0.25, 0.3) is 0 Å². The van der Waals surface area contributed by atoms with Gasteiger partial charge in [-0.1, -0.05) is 26.2 Å². The minimum absolute atomic E-state index is 0.777. The maximum Gasteiger partial charge on any atom is 0.0119 e. The van der Waals surface area contributed by atoms with Crippen molar-refractivity contribution in [3.8, 4) is 0 Å². The van der Waals surface area contributed by atoms with Gasteiger partial charge in [-0.05, 0) is 38.3 Å². The Labute approximate surface area is 87.8 Å². The van der Waals surface area contributed by atoms with E-state index in [1.54, 1.807) is 0 Å². The van der Waals surface area contributed by atoms with Gasteiger partial charge in [-0.2, -0.15) is 0 Å². The Hall–Kier alpha value is -0.0800. The van der Waals surface area contributed by atoms with Gasteiger partial charge in [0.15, 0.2) is 0 Å². The minimum atomic E-state index is 0.777. The number of piperidine rings is 1. The molecule has 1 aliphatic carbocycles. The van der Waals surface area contributed by atoms with Crippen LogP contribution >= 0.6 is 0 Å². The highest BCUT2D eigenvalue weighted by Crippen LogP contribution is 2.20. The van der Waals surface area contributed by atoms with Crippen molar-refractivity contribution in [2.45, 2.75) is 57.5 Å². The molecule has 2 nitrogen and oxygen atoms in total. The minimum Gasteiger partial charge on any atom is -0.316 e. The Morgan fingerprint density at radius 3 is 2.57 bits per heavy atom. The van der Waals surface area contributed by atoms with Crippen molar-refractivity contribution in [2.75, 3.05) is 13.1 Å². The lowest BCUT2D eigenvalue weighted by Crippen LogP contribution is -2.50. The zero-order valence-corrected chi connectivity index (χ0v) is 9.39. The van der Waals surface area contributed by atoms with E-state index in [0.717, 1.165) is 18.0 Å². The molecule has 2 aliphatic rings. The Kier molecular flexibility index (Phi) is 3.82. The van der Waals surface area contributed by atoms with E-state index < -0.39 is 0 Å². The lowest BCUT2D eigenvalue weighted by atomic mass is 9.90. The molecule has 1 heterocycles. The van der Waals surface area contributed by atoms with E-state index in [4.69, 9.17) is 0 Å². The van der Waals surface area contributed by atoms with Gasteiger partial charge in [-0.3, -0.25) is 0 Å². The summed E-state index contributed by atoms with van der Waals surface area (Å²) in [4.78, 5) is 0. The van der Waals surface area contributed by atoms with Crippen LogP contribution in [-0.2, 0) is 0 Å². The first-order valence-corrected chi connectivity index (χ1v) is 6.33. The van der Waals surface area contributed by atoms with E-state index >= 15 is 0 Å². The van der Waals surface area contributed by atoms with Gasteiger partial charge in [0.25, 0.3) is 0 Å².